The summed E-state index contributed by atoms with van der Waals surface area (Å²) in [5.41, 5.74) is 2.29. The summed E-state index contributed by atoms with van der Waals surface area (Å²) in [5, 5.41) is 8.92. The van der Waals surface area contributed by atoms with E-state index in [4.69, 9.17) is 11.6 Å². The Morgan fingerprint density at radius 2 is 1.95 bits per heavy atom. The van der Waals surface area contributed by atoms with Crippen LogP contribution in [0.4, 0.5) is 0 Å². The normalized spacial score (nSPS) is 13.8. The summed E-state index contributed by atoms with van der Waals surface area (Å²) in [4.78, 5) is 0. The monoisotopic (exact) mass is 285 g/mol. The minimum Gasteiger partial charge on any atom is -0.312 e. The molecule has 1 heterocycles. The zero-order valence-corrected chi connectivity index (χ0v) is 13.9. The van der Waals surface area contributed by atoms with Gasteiger partial charge in [-0.25, -0.2) is 0 Å². The minimum absolute atomic E-state index is 0.165. The van der Waals surface area contributed by atoms with E-state index < -0.39 is 0 Å². The van der Waals surface area contributed by atoms with Crippen LogP contribution < -0.4 is 5.32 Å². The Bertz CT molecular complexity index is 404. The average molecular weight is 286 g/mol. The second kappa shape index (κ2) is 6.76. The van der Waals surface area contributed by atoms with Gasteiger partial charge >= 0.3 is 0 Å². The van der Waals surface area contributed by atoms with Crippen molar-refractivity contribution in [3.05, 3.63) is 16.4 Å². The first-order valence-electron chi connectivity index (χ1n) is 7.25. The molecule has 0 bridgehead atoms. The Kier molecular flexibility index (Phi) is 5.87. The average Bonchev–Trinajstić information content (AvgIpc) is 2.60. The number of aromatic nitrogens is 2. The van der Waals surface area contributed by atoms with E-state index in [9.17, 15) is 0 Å². The quantitative estimate of drug-likeness (QED) is 0.861. The van der Waals surface area contributed by atoms with Gasteiger partial charge in [0.25, 0.3) is 0 Å². The minimum atomic E-state index is 0.165. The lowest BCUT2D eigenvalue weighted by Gasteiger charge is -2.25. The second-order valence-electron chi connectivity index (χ2n) is 6.27. The zero-order chi connectivity index (χ0) is 14.6. The van der Waals surface area contributed by atoms with Gasteiger partial charge in [-0.1, -0.05) is 24.9 Å². The van der Waals surface area contributed by atoms with Crippen LogP contribution >= 0.6 is 11.6 Å². The highest BCUT2D eigenvalue weighted by Gasteiger charge is 2.18. The van der Waals surface area contributed by atoms with Crippen molar-refractivity contribution >= 4 is 11.6 Å². The SMILES string of the molecule is CCC(CNC(C)(C)C)Cc1c(Cl)c(C)nn1CC. The van der Waals surface area contributed by atoms with Crippen LogP contribution in [-0.4, -0.2) is 21.9 Å². The number of hydrogen-bond donors (Lipinski definition) is 1. The molecule has 0 radical (unpaired) electrons. The molecule has 0 saturated heterocycles. The van der Waals surface area contributed by atoms with E-state index in [0.717, 1.165) is 36.6 Å². The van der Waals surface area contributed by atoms with Crippen molar-refractivity contribution in [3.63, 3.8) is 0 Å². The second-order valence-corrected chi connectivity index (χ2v) is 6.65. The maximum atomic E-state index is 6.38. The van der Waals surface area contributed by atoms with Gasteiger partial charge < -0.3 is 5.32 Å². The zero-order valence-electron chi connectivity index (χ0n) is 13.2. The molecule has 110 valence electrons. The maximum absolute atomic E-state index is 6.38. The molecule has 0 aliphatic rings. The van der Waals surface area contributed by atoms with Gasteiger partial charge in [0, 0.05) is 12.1 Å². The Balaban J connectivity index is 2.75. The number of halogens is 1. The molecule has 0 fully saturated rings. The molecule has 1 aromatic rings. The molecule has 0 aromatic carbocycles. The van der Waals surface area contributed by atoms with Crippen molar-refractivity contribution in [2.75, 3.05) is 6.54 Å². The van der Waals surface area contributed by atoms with Gasteiger partial charge in [-0.15, -0.1) is 0 Å². The molecule has 0 aliphatic heterocycles. The fraction of sp³-hybridized carbons (Fsp3) is 0.800. The van der Waals surface area contributed by atoms with E-state index in [1.807, 2.05) is 11.6 Å². The summed E-state index contributed by atoms with van der Waals surface area (Å²) < 4.78 is 2.04. The molecule has 3 nitrogen and oxygen atoms in total. The van der Waals surface area contributed by atoms with E-state index in [1.165, 1.54) is 5.69 Å². The third-order valence-corrected chi connectivity index (χ3v) is 3.92. The first-order chi connectivity index (χ1) is 8.78. The highest BCUT2D eigenvalue weighted by atomic mass is 35.5. The van der Waals surface area contributed by atoms with Crippen LogP contribution in [0.25, 0.3) is 0 Å². The van der Waals surface area contributed by atoms with Crippen molar-refractivity contribution < 1.29 is 0 Å². The number of aryl methyl sites for hydroxylation is 2. The van der Waals surface area contributed by atoms with Gasteiger partial charge in [0.15, 0.2) is 0 Å². The molecule has 0 saturated carbocycles. The Labute approximate surface area is 122 Å². The fourth-order valence-electron chi connectivity index (χ4n) is 2.15. The number of rotatable bonds is 6. The molecular formula is C15H28ClN3. The molecule has 1 N–H and O–H groups in total. The lowest BCUT2D eigenvalue weighted by atomic mass is 9.98. The van der Waals surface area contributed by atoms with Crippen molar-refractivity contribution in [1.82, 2.24) is 15.1 Å². The molecular weight excluding hydrogens is 258 g/mol. The molecule has 0 spiro atoms. The van der Waals surface area contributed by atoms with Gasteiger partial charge in [-0.2, -0.15) is 5.10 Å². The molecule has 4 heteroatoms. The third kappa shape index (κ3) is 4.81. The Morgan fingerprint density at radius 1 is 1.32 bits per heavy atom. The van der Waals surface area contributed by atoms with Crippen LogP contribution in [0, 0.1) is 12.8 Å². The van der Waals surface area contributed by atoms with Gasteiger partial charge in [-0.05, 0) is 53.5 Å². The van der Waals surface area contributed by atoms with Crippen molar-refractivity contribution in [1.29, 1.82) is 0 Å². The smallest absolute Gasteiger partial charge is 0.0847 e. The lowest BCUT2D eigenvalue weighted by Crippen LogP contribution is -2.39. The lowest BCUT2D eigenvalue weighted by molar-refractivity contribution is 0.358. The van der Waals surface area contributed by atoms with E-state index in [0.29, 0.717) is 5.92 Å². The first kappa shape index (κ1) is 16.5. The molecule has 1 unspecified atom stereocenters. The molecule has 19 heavy (non-hydrogen) atoms. The van der Waals surface area contributed by atoms with Crippen LogP contribution in [0.15, 0.2) is 0 Å². The Hall–Kier alpha value is -0.540. The molecule has 0 aliphatic carbocycles. The highest BCUT2D eigenvalue weighted by molar-refractivity contribution is 6.31. The number of nitrogens with zero attached hydrogens (tertiary/aromatic N) is 2. The van der Waals surface area contributed by atoms with Gasteiger partial charge in [-0.3, -0.25) is 4.68 Å². The summed E-state index contributed by atoms with van der Waals surface area (Å²) in [7, 11) is 0. The first-order valence-corrected chi connectivity index (χ1v) is 7.63. The topological polar surface area (TPSA) is 29.9 Å². The summed E-state index contributed by atoms with van der Waals surface area (Å²) in [6.07, 6.45) is 2.14. The van der Waals surface area contributed by atoms with Gasteiger partial charge in [0.05, 0.1) is 16.4 Å². The summed E-state index contributed by atoms with van der Waals surface area (Å²) >= 11 is 6.38. The van der Waals surface area contributed by atoms with Crippen LogP contribution in [0.2, 0.25) is 5.02 Å². The highest BCUT2D eigenvalue weighted by Crippen LogP contribution is 2.24. The van der Waals surface area contributed by atoms with Crippen LogP contribution in [-0.2, 0) is 13.0 Å². The van der Waals surface area contributed by atoms with Gasteiger partial charge in [0.2, 0.25) is 0 Å². The molecule has 0 amide bonds. The molecule has 1 rings (SSSR count). The number of nitrogens with one attached hydrogen (secondary N) is 1. The predicted molar refractivity (Wildman–Crippen MR) is 82.9 cm³/mol. The van der Waals surface area contributed by atoms with E-state index >= 15 is 0 Å². The van der Waals surface area contributed by atoms with Crippen LogP contribution in [0.3, 0.4) is 0 Å². The third-order valence-electron chi connectivity index (χ3n) is 3.43. The standard InChI is InChI=1S/C15H28ClN3/c1-7-12(10-17-15(4,5)6)9-13-14(16)11(3)18-19(13)8-2/h12,17H,7-10H2,1-6H3. The van der Waals surface area contributed by atoms with Gasteiger partial charge in [0.1, 0.15) is 0 Å². The van der Waals surface area contributed by atoms with Crippen LogP contribution in [0.1, 0.15) is 52.4 Å². The van der Waals surface area contributed by atoms with Crippen LogP contribution in [0.5, 0.6) is 0 Å². The largest absolute Gasteiger partial charge is 0.312 e. The van der Waals surface area contributed by atoms with E-state index in [2.05, 4.69) is 45.0 Å². The fourth-order valence-corrected chi connectivity index (χ4v) is 2.36. The Morgan fingerprint density at radius 3 is 2.42 bits per heavy atom. The van der Waals surface area contributed by atoms with E-state index in [1.54, 1.807) is 0 Å². The van der Waals surface area contributed by atoms with Crippen molar-refractivity contribution in [2.24, 2.45) is 5.92 Å². The number of hydrogen-bond acceptors (Lipinski definition) is 2. The molecule has 1 aromatic heterocycles. The van der Waals surface area contributed by atoms with Crippen molar-refractivity contribution in [2.45, 2.75) is 66.5 Å². The summed E-state index contributed by atoms with van der Waals surface area (Å²) in [6.45, 7) is 14.8. The van der Waals surface area contributed by atoms with Crippen molar-refractivity contribution in [3.8, 4) is 0 Å². The van der Waals surface area contributed by atoms with E-state index in [-0.39, 0.29) is 5.54 Å². The summed E-state index contributed by atoms with van der Waals surface area (Å²) in [6, 6.07) is 0. The summed E-state index contributed by atoms with van der Waals surface area (Å²) in [5.74, 6) is 0.595. The predicted octanol–water partition coefficient (Wildman–Crippen LogP) is 3.82. The molecule has 1 atom stereocenters. The maximum Gasteiger partial charge on any atom is 0.0847 e.